The van der Waals surface area contributed by atoms with Crippen molar-refractivity contribution in [3.8, 4) is 0 Å². The van der Waals surface area contributed by atoms with Crippen LogP contribution in [0, 0.1) is 5.92 Å². The molecular formula is C12H22ClN3O2S. The van der Waals surface area contributed by atoms with Crippen molar-refractivity contribution in [2.24, 2.45) is 11.7 Å². The third-order valence-corrected chi connectivity index (χ3v) is 4.59. The van der Waals surface area contributed by atoms with Crippen molar-refractivity contribution in [2.75, 3.05) is 18.2 Å². The number of amides is 2. The molecule has 2 unspecified atom stereocenters. The van der Waals surface area contributed by atoms with Gasteiger partial charge in [-0.15, -0.1) is 24.2 Å². The molecule has 2 rings (SSSR count). The van der Waals surface area contributed by atoms with E-state index < -0.39 is 0 Å². The van der Waals surface area contributed by atoms with Gasteiger partial charge in [0.05, 0.1) is 5.88 Å². The van der Waals surface area contributed by atoms with Crippen LogP contribution in [0.3, 0.4) is 0 Å². The predicted molar refractivity (Wildman–Crippen MR) is 79.2 cm³/mol. The Balaban J connectivity index is 0.00000180. The van der Waals surface area contributed by atoms with E-state index in [9.17, 15) is 9.59 Å². The number of nitrogens with two attached hydrogens (primary N) is 1. The summed E-state index contributed by atoms with van der Waals surface area (Å²) in [4.78, 5) is 25.6. The second-order valence-corrected chi connectivity index (χ2v) is 5.92. The lowest BCUT2D eigenvalue weighted by atomic mass is 10.1. The lowest BCUT2D eigenvalue weighted by Gasteiger charge is -2.25. The summed E-state index contributed by atoms with van der Waals surface area (Å²) in [7, 11) is 0. The fourth-order valence-corrected chi connectivity index (χ4v) is 3.44. The Morgan fingerprint density at radius 1 is 1.47 bits per heavy atom. The molecule has 2 amide bonds. The van der Waals surface area contributed by atoms with Crippen LogP contribution in [-0.4, -0.2) is 47.0 Å². The maximum atomic E-state index is 12.2. The summed E-state index contributed by atoms with van der Waals surface area (Å²) < 4.78 is 0. The van der Waals surface area contributed by atoms with Gasteiger partial charge >= 0.3 is 0 Å². The summed E-state index contributed by atoms with van der Waals surface area (Å²) in [5, 5.41) is 3.01. The fourth-order valence-electron chi connectivity index (χ4n) is 2.26. The topological polar surface area (TPSA) is 75.4 Å². The van der Waals surface area contributed by atoms with Crippen molar-refractivity contribution in [1.82, 2.24) is 10.2 Å². The van der Waals surface area contributed by atoms with Crippen molar-refractivity contribution >= 4 is 36.0 Å². The maximum Gasteiger partial charge on any atom is 0.243 e. The Bertz CT molecular complexity index is 339. The quantitative estimate of drug-likeness (QED) is 0.779. The third kappa shape index (κ3) is 4.00. The largest absolute Gasteiger partial charge is 0.350 e. The number of nitrogens with zero attached hydrogens (tertiary/aromatic N) is 1. The number of carbonyl (C=O) groups is 2. The average Bonchev–Trinajstić information content (AvgIpc) is 3.10. The molecule has 2 fully saturated rings. The van der Waals surface area contributed by atoms with Gasteiger partial charge in [-0.05, 0) is 18.8 Å². The summed E-state index contributed by atoms with van der Waals surface area (Å²) >= 11 is 1.63. The molecule has 0 aromatic heterocycles. The lowest BCUT2D eigenvalue weighted by Crippen LogP contribution is -2.52. The second-order valence-electron chi connectivity index (χ2n) is 4.92. The van der Waals surface area contributed by atoms with Crippen LogP contribution >= 0.6 is 24.2 Å². The Kier molecular flexibility index (Phi) is 6.42. The highest BCUT2D eigenvalue weighted by molar-refractivity contribution is 7.99. The van der Waals surface area contributed by atoms with E-state index in [1.165, 1.54) is 0 Å². The molecule has 0 aromatic carbocycles. The smallest absolute Gasteiger partial charge is 0.243 e. The first-order chi connectivity index (χ1) is 8.67. The highest BCUT2D eigenvalue weighted by Gasteiger charge is 2.37. The molecule has 3 N–H and O–H groups in total. The van der Waals surface area contributed by atoms with E-state index >= 15 is 0 Å². The van der Waals surface area contributed by atoms with Gasteiger partial charge in [0.2, 0.25) is 11.8 Å². The van der Waals surface area contributed by atoms with Crippen LogP contribution in [0.15, 0.2) is 0 Å². The van der Waals surface area contributed by atoms with Gasteiger partial charge in [-0.1, -0.05) is 6.92 Å². The minimum Gasteiger partial charge on any atom is -0.350 e. The monoisotopic (exact) mass is 307 g/mol. The van der Waals surface area contributed by atoms with Crippen LogP contribution < -0.4 is 11.1 Å². The number of rotatable bonds is 5. The summed E-state index contributed by atoms with van der Waals surface area (Å²) in [6, 6.07) is -0.225. The van der Waals surface area contributed by atoms with Crippen LogP contribution in [0.1, 0.15) is 26.2 Å². The normalized spacial score (nSPS) is 23.7. The Hall–Kier alpha value is -0.460. The Morgan fingerprint density at radius 3 is 2.68 bits per heavy atom. The van der Waals surface area contributed by atoms with Crippen molar-refractivity contribution < 1.29 is 9.59 Å². The number of hydrogen-bond acceptors (Lipinski definition) is 4. The molecule has 0 bridgehead atoms. The molecule has 2 aliphatic rings. The number of carbonyl (C=O) groups excluding carboxylic acids is 2. The van der Waals surface area contributed by atoms with Gasteiger partial charge in [0.25, 0.3) is 0 Å². The third-order valence-electron chi connectivity index (χ3n) is 3.58. The molecule has 1 aliphatic carbocycles. The molecule has 1 saturated carbocycles. The van der Waals surface area contributed by atoms with E-state index in [4.69, 9.17) is 5.73 Å². The van der Waals surface area contributed by atoms with Crippen LogP contribution in [0.2, 0.25) is 0 Å². The predicted octanol–water partition coefficient (Wildman–Crippen LogP) is 0.573. The van der Waals surface area contributed by atoms with E-state index in [0.717, 1.165) is 12.8 Å². The first kappa shape index (κ1) is 16.6. The molecule has 1 aliphatic heterocycles. The molecular weight excluding hydrogens is 286 g/mol. The summed E-state index contributed by atoms with van der Waals surface area (Å²) in [5.74, 6) is 1.88. The van der Waals surface area contributed by atoms with Crippen LogP contribution in [0.4, 0.5) is 0 Å². The van der Waals surface area contributed by atoms with E-state index in [1.54, 1.807) is 16.7 Å². The van der Waals surface area contributed by atoms with Crippen molar-refractivity contribution in [1.29, 1.82) is 0 Å². The van der Waals surface area contributed by atoms with Gasteiger partial charge in [0, 0.05) is 24.8 Å². The van der Waals surface area contributed by atoms with Gasteiger partial charge in [0.15, 0.2) is 0 Å². The van der Waals surface area contributed by atoms with Crippen molar-refractivity contribution in [3.05, 3.63) is 0 Å². The molecule has 1 saturated heterocycles. The van der Waals surface area contributed by atoms with Gasteiger partial charge in [-0.3, -0.25) is 9.59 Å². The highest BCUT2D eigenvalue weighted by atomic mass is 35.5. The van der Waals surface area contributed by atoms with Gasteiger partial charge < -0.3 is 16.0 Å². The molecule has 19 heavy (non-hydrogen) atoms. The lowest BCUT2D eigenvalue weighted by molar-refractivity contribution is -0.138. The van der Waals surface area contributed by atoms with Crippen molar-refractivity contribution in [2.45, 2.75) is 38.3 Å². The molecule has 110 valence electrons. The molecule has 0 spiro atoms. The first-order valence-corrected chi connectivity index (χ1v) is 7.70. The van der Waals surface area contributed by atoms with Crippen molar-refractivity contribution in [3.63, 3.8) is 0 Å². The van der Waals surface area contributed by atoms with Gasteiger partial charge in [-0.25, -0.2) is 0 Å². The van der Waals surface area contributed by atoms with Crippen LogP contribution in [0.25, 0.3) is 0 Å². The number of hydrogen-bond donors (Lipinski definition) is 2. The zero-order valence-electron chi connectivity index (χ0n) is 11.1. The van der Waals surface area contributed by atoms with E-state index in [0.29, 0.717) is 30.5 Å². The molecule has 0 radical (unpaired) electrons. The van der Waals surface area contributed by atoms with Gasteiger partial charge in [-0.2, -0.15) is 0 Å². The average molecular weight is 308 g/mol. The van der Waals surface area contributed by atoms with E-state index in [-0.39, 0.29) is 36.3 Å². The standard InChI is InChI=1S/C12H21N3O2S.ClH/c1-2-11(16)15-7-18-6-10(15)12(17)14-9(5-13)8-3-4-8;/h8-10H,2-7,13H2,1H3,(H,14,17);1H. The molecule has 7 heteroatoms. The first-order valence-electron chi connectivity index (χ1n) is 6.55. The Labute approximate surface area is 124 Å². The zero-order chi connectivity index (χ0) is 13.1. The van der Waals surface area contributed by atoms with Crippen LogP contribution in [0.5, 0.6) is 0 Å². The fraction of sp³-hybridized carbons (Fsp3) is 0.833. The second kappa shape index (κ2) is 7.36. The Morgan fingerprint density at radius 2 is 2.16 bits per heavy atom. The summed E-state index contributed by atoms with van der Waals surface area (Å²) in [6.07, 6.45) is 2.76. The number of halogens is 1. The SMILES string of the molecule is CCC(=O)N1CSCC1C(=O)NC(CN)C1CC1.Cl. The van der Waals surface area contributed by atoms with E-state index in [1.807, 2.05) is 6.92 Å². The molecule has 0 aromatic rings. The maximum absolute atomic E-state index is 12.2. The molecule has 2 atom stereocenters. The van der Waals surface area contributed by atoms with Gasteiger partial charge in [0.1, 0.15) is 6.04 Å². The summed E-state index contributed by atoms with van der Waals surface area (Å²) in [5.41, 5.74) is 5.68. The minimum atomic E-state index is -0.310. The van der Waals surface area contributed by atoms with Crippen LogP contribution in [-0.2, 0) is 9.59 Å². The molecule has 1 heterocycles. The zero-order valence-corrected chi connectivity index (χ0v) is 12.8. The molecule has 5 nitrogen and oxygen atoms in total. The minimum absolute atomic E-state index is 0. The van der Waals surface area contributed by atoms with E-state index in [2.05, 4.69) is 5.32 Å². The highest BCUT2D eigenvalue weighted by Crippen LogP contribution is 2.32. The number of nitrogens with one attached hydrogen (secondary N) is 1. The number of thioether (sulfide) groups is 1. The summed E-state index contributed by atoms with van der Waals surface area (Å²) in [6.45, 7) is 2.31.